The predicted molar refractivity (Wildman–Crippen MR) is 108 cm³/mol. The van der Waals surface area contributed by atoms with Crippen molar-refractivity contribution in [2.75, 3.05) is 19.3 Å². The van der Waals surface area contributed by atoms with Gasteiger partial charge in [-0.2, -0.15) is 4.31 Å². The Labute approximate surface area is 166 Å². The minimum absolute atomic E-state index is 0.237. The maximum Gasteiger partial charge on any atom is 0.260 e. The third-order valence-electron chi connectivity index (χ3n) is 4.14. The van der Waals surface area contributed by atoms with E-state index in [1.165, 1.54) is 10.6 Å². The molecular formula is C20H27N3O4S. The highest BCUT2D eigenvalue weighted by molar-refractivity contribution is 7.88. The van der Waals surface area contributed by atoms with E-state index in [9.17, 15) is 13.2 Å². The van der Waals surface area contributed by atoms with E-state index in [0.29, 0.717) is 25.3 Å². The van der Waals surface area contributed by atoms with E-state index in [1.54, 1.807) is 25.4 Å². The molecule has 0 radical (unpaired) electrons. The van der Waals surface area contributed by atoms with E-state index in [-0.39, 0.29) is 12.5 Å². The van der Waals surface area contributed by atoms with E-state index in [1.807, 2.05) is 37.3 Å². The second-order valence-electron chi connectivity index (χ2n) is 6.68. The van der Waals surface area contributed by atoms with E-state index in [4.69, 9.17) is 4.74 Å². The van der Waals surface area contributed by atoms with Crippen molar-refractivity contribution in [2.24, 2.45) is 0 Å². The summed E-state index contributed by atoms with van der Waals surface area (Å²) in [6, 6.07) is 11.1. The molecule has 1 aromatic heterocycles. The molecule has 0 fully saturated rings. The zero-order valence-corrected chi connectivity index (χ0v) is 17.3. The van der Waals surface area contributed by atoms with Crippen molar-refractivity contribution in [3.8, 4) is 5.75 Å². The van der Waals surface area contributed by atoms with E-state index in [0.717, 1.165) is 11.1 Å². The van der Waals surface area contributed by atoms with Crippen LogP contribution in [0.4, 0.5) is 0 Å². The van der Waals surface area contributed by atoms with Crippen molar-refractivity contribution in [1.82, 2.24) is 14.6 Å². The maximum atomic E-state index is 12.2. The highest BCUT2D eigenvalue weighted by Crippen LogP contribution is 2.13. The Morgan fingerprint density at radius 3 is 2.57 bits per heavy atom. The molecule has 0 saturated carbocycles. The zero-order chi connectivity index (χ0) is 20.6. The molecule has 0 saturated heterocycles. The third-order valence-corrected chi connectivity index (χ3v) is 5.39. The number of hydrogen-bond acceptors (Lipinski definition) is 5. The normalized spacial score (nSPS) is 12.6. The first-order valence-corrected chi connectivity index (χ1v) is 11.0. The molecule has 0 unspecified atom stereocenters. The van der Waals surface area contributed by atoms with Gasteiger partial charge in [0.1, 0.15) is 5.75 Å². The van der Waals surface area contributed by atoms with Gasteiger partial charge in [-0.3, -0.25) is 9.78 Å². The van der Waals surface area contributed by atoms with Crippen LogP contribution in [-0.4, -0.2) is 49.1 Å². The number of hydrogen-bond donors (Lipinski definition) is 1. The van der Waals surface area contributed by atoms with Gasteiger partial charge in [-0.25, -0.2) is 8.42 Å². The largest absolute Gasteiger partial charge is 0.481 e. The average Bonchev–Trinajstić information content (AvgIpc) is 2.65. The summed E-state index contributed by atoms with van der Waals surface area (Å²) in [5.74, 6) is 0.395. The fraction of sp³-hybridized carbons (Fsp3) is 0.400. The van der Waals surface area contributed by atoms with Crippen LogP contribution < -0.4 is 10.1 Å². The molecule has 1 heterocycles. The molecule has 0 bridgehead atoms. The van der Waals surface area contributed by atoms with Gasteiger partial charge in [0.25, 0.3) is 5.91 Å². The lowest BCUT2D eigenvalue weighted by Crippen LogP contribution is -2.38. The molecule has 0 aliphatic rings. The number of sulfonamides is 1. The van der Waals surface area contributed by atoms with Gasteiger partial charge >= 0.3 is 0 Å². The van der Waals surface area contributed by atoms with Crippen LogP contribution in [0, 0.1) is 6.92 Å². The Morgan fingerprint density at radius 1 is 1.25 bits per heavy atom. The van der Waals surface area contributed by atoms with E-state index in [2.05, 4.69) is 10.3 Å². The standard InChI is InChI=1S/C20H27N3O4S/c1-16-7-9-19(10-8-16)27-17(2)20(24)22-12-5-13-23(28(3,25)26)15-18-6-4-11-21-14-18/h4,6-11,14,17H,5,12-13,15H2,1-3H3,(H,22,24)/t17-/m1/s1. The number of benzene rings is 1. The van der Waals surface area contributed by atoms with Crippen molar-refractivity contribution < 1.29 is 17.9 Å². The lowest BCUT2D eigenvalue weighted by molar-refractivity contribution is -0.127. The van der Waals surface area contributed by atoms with Crippen molar-refractivity contribution in [3.63, 3.8) is 0 Å². The molecule has 0 aliphatic heterocycles. The van der Waals surface area contributed by atoms with Crippen LogP contribution in [-0.2, 0) is 21.4 Å². The van der Waals surface area contributed by atoms with Gasteiger partial charge in [0.15, 0.2) is 6.10 Å². The van der Waals surface area contributed by atoms with Crippen LogP contribution in [0.15, 0.2) is 48.8 Å². The smallest absolute Gasteiger partial charge is 0.260 e. The Morgan fingerprint density at radius 2 is 1.96 bits per heavy atom. The zero-order valence-electron chi connectivity index (χ0n) is 16.5. The van der Waals surface area contributed by atoms with Crippen LogP contribution in [0.1, 0.15) is 24.5 Å². The second kappa shape index (κ2) is 10.2. The molecule has 1 amide bonds. The van der Waals surface area contributed by atoms with Crippen LogP contribution in [0.25, 0.3) is 0 Å². The van der Waals surface area contributed by atoms with Gasteiger partial charge in [-0.05, 0) is 44.0 Å². The molecule has 0 spiro atoms. The number of carbonyl (C=O) groups excluding carboxylic acids is 1. The van der Waals surface area contributed by atoms with Crippen molar-refractivity contribution in [3.05, 3.63) is 59.9 Å². The molecule has 152 valence electrons. The monoisotopic (exact) mass is 405 g/mol. The van der Waals surface area contributed by atoms with E-state index >= 15 is 0 Å². The summed E-state index contributed by atoms with van der Waals surface area (Å²) in [5.41, 5.74) is 1.93. The fourth-order valence-electron chi connectivity index (χ4n) is 2.54. The molecule has 1 N–H and O–H groups in total. The lowest BCUT2D eigenvalue weighted by atomic mass is 10.2. The topological polar surface area (TPSA) is 88.6 Å². The van der Waals surface area contributed by atoms with Crippen LogP contribution in [0.2, 0.25) is 0 Å². The minimum atomic E-state index is -3.36. The highest BCUT2D eigenvalue weighted by Gasteiger charge is 2.18. The number of aryl methyl sites for hydroxylation is 1. The van der Waals surface area contributed by atoms with Crippen LogP contribution >= 0.6 is 0 Å². The Kier molecular flexibility index (Phi) is 7.95. The Hall–Kier alpha value is -2.45. The summed E-state index contributed by atoms with van der Waals surface area (Å²) < 4.78 is 31.0. The van der Waals surface area contributed by atoms with Crippen molar-refractivity contribution in [2.45, 2.75) is 32.9 Å². The van der Waals surface area contributed by atoms with Gasteiger partial charge in [0, 0.05) is 32.0 Å². The van der Waals surface area contributed by atoms with Gasteiger partial charge in [-0.15, -0.1) is 0 Å². The van der Waals surface area contributed by atoms with Crippen LogP contribution in [0.3, 0.4) is 0 Å². The summed E-state index contributed by atoms with van der Waals surface area (Å²) in [6.45, 7) is 4.59. The third kappa shape index (κ3) is 7.28. The predicted octanol–water partition coefficient (Wildman–Crippen LogP) is 2.13. The first-order valence-electron chi connectivity index (χ1n) is 9.11. The summed E-state index contributed by atoms with van der Waals surface area (Å²) >= 11 is 0. The number of amides is 1. The molecule has 2 rings (SSSR count). The summed E-state index contributed by atoms with van der Waals surface area (Å²) in [5, 5.41) is 2.79. The number of ether oxygens (including phenoxy) is 1. The number of nitrogens with one attached hydrogen (secondary N) is 1. The number of rotatable bonds is 10. The molecule has 8 heteroatoms. The summed E-state index contributed by atoms with van der Waals surface area (Å²) in [6.07, 6.45) is 4.33. The van der Waals surface area contributed by atoms with Crippen molar-refractivity contribution >= 4 is 15.9 Å². The molecule has 0 aliphatic carbocycles. The first kappa shape index (κ1) is 21.8. The quantitative estimate of drug-likeness (QED) is 0.612. The van der Waals surface area contributed by atoms with Gasteiger partial charge in [-0.1, -0.05) is 23.8 Å². The van der Waals surface area contributed by atoms with Gasteiger partial charge < -0.3 is 10.1 Å². The fourth-order valence-corrected chi connectivity index (χ4v) is 3.39. The SMILES string of the molecule is Cc1ccc(O[C@H](C)C(=O)NCCCN(Cc2cccnc2)S(C)(=O)=O)cc1. The molecule has 7 nitrogen and oxygen atoms in total. The first-order chi connectivity index (χ1) is 13.3. The second-order valence-corrected chi connectivity index (χ2v) is 8.66. The molecule has 1 atom stereocenters. The molecule has 2 aromatic rings. The van der Waals surface area contributed by atoms with Gasteiger partial charge in [0.05, 0.1) is 6.26 Å². The average molecular weight is 406 g/mol. The number of carbonyl (C=O) groups is 1. The lowest BCUT2D eigenvalue weighted by Gasteiger charge is -2.20. The highest BCUT2D eigenvalue weighted by atomic mass is 32.2. The molecular weight excluding hydrogens is 378 g/mol. The summed E-state index contributed by atoms with van der Waals surface area (Å²) in [4.78, 5) is 16.2. The van der Waals surface area contributed by atoms with Gasteiger partial charge in [0.2, 0.25) is 10.0 Å². The molecule has 1 aromatic carbocycles. The number of pyridine rings is 1. The summed E-state index contributed by atoms with van der Waals surface area (Å²) in [7, 11) is -3.36. The Bertz CT molecular complexity index is 855. The van der Waals surface area contributed by atoms with E-state index < -0.39 is 16.1 Å². The van der Waals surface area contributed by atoms with Crippen molar-refractivity contribution in [1.29, 1.82) is 0 Å². The minimum Gasteiger partial charge on any atom is -0.481 e. The number of nitrogens with zero attached hydrogens (tertiary/aromatic N) is 2. The van der Waals surface area contributed by atoms with Crippen LogP contribution in [0.5, 0.6) is 5.75 Å². The number of aromatic nitrogens is 1. The maximum absolute atomic E-state index is 12.2. The molecule has 28 heavy (non-hydrogen) atoms. The Balaban J connectivity index is 1.78.